The maximum absolute atomic E-state index is 15.7. The Morgan fingerprint density at radius 2 is 1.64 bits per heavy atom. The van der Waals surface area contributed by atoms with Gasteiger partial charge in [0.25, 0.3) is 17.7 Å². The second-order valence-electron chi connectivity index (χ2n) is 20.2. The molecule has 412 valence electrons. The summed E-state index contributed by atoms with van der Waals surface area (Å²) in [6, 6.07) is 14.8. The zero-order chi connectivity index (χ0) is 55.2. The van der Waals surface area contributed by atoms with Crippen LogP contribution in [0.1, 0.15) is 70.5 Å². The number of halogens is 4. The monoisotopic (exact) mass is 1080 g/mol. The molecule has 3 amide bonds. The molecule has 0 radical (unpaired) electrons. The van der Waals surface area contributed by atoms with Crippen LogP contribution in [0.15, 0.2) is 77.9 Å². The highest BCUT2D eigenvalue weighted by atomic mass is 19.4. The van der Waals surface area contributed by atoms with Gasteiger partial charge in [-0.1, -0.05) is 0 Å². The Labute approximate surface area is 443 Å². The van der Waals surface area contributed by atoms with Crippen molar-refractivity contribution in [1.29, 1.82) is 0 Å². The number of nitrogens with zero attached hydrogens (tertiary/aromatic N) is 6. The van der Waals surface area contributed by atoms with Gasteiger partial charge in [-0.2, -0.15) is 0 Å². The minimum absolute atomic E-state index is 0.0526. The van der Waals surface area contributed by atoms with E-state index in [1.807, 2.05) is 6.07 Å². The van der Waals surface area contributed by atoms with Crippen molar-refractivity contribution in [3.8, 4) is 28.9 Å². The van der Waals surface area contributed by atoms with Crippen molar-refractivity contribution in [1.82, 2.24) is 34.6 Å². The first-order valence-electron chi connectivity index (χ1n) is 25.4. The molecule has 2 aromatic heterocycles. The molecule has 4 aliphatic heterocycles. The molecule has 4 atom stereocenters. The number of aliphatic hydroxyl groups excluding tert-OH is 3. The Morgan fingerprint density at radius 1 is 0.897 bits per heavy atom. The molecule has 24 heteroatoms. The largest absolute Gasteiger partial charge is 0.573 e. The van der Waals surface area contributed by atoms with E-state index < -0.39 is 54.0 Å². The van der Waals surface area contributed by atoms with Gasteiger partial charge in [0.05, 0.1) is 35.0 Å². The Bertz CT molecular complexity index is 3360. The molecule has 3 saturated heterocycles. The van der Waals surface area contributed by atoms with E-state index in [-0.39, 0.29) is 74.8 Å². The number of piperidine rings is 3. The van der Waals surface area contributed by atoms with E-state index in [2.05, 4.69) is 35.6 Å². The summed E-state index contributed by atoms with van der Waals surface area (Å²) in [5.41, 5.74) is 1.64. The minimum atomic E-state index is -5.00. The number of ether oxygens (including phenoxy) is 4. The number of fused-ring (bicyclic) bond motifs is 3. The van der Waals surface area contributed by atoms with Gasteiger partial charge in [0, 0.05) is 68.0 Å². The maximum Gasteiger partial charge on any atom is 0.573 e. The highest BCUT2D eigenvalue weighted by Crippen LogP contribution is 2.42. The van der Waals surface area contributed by atoms with Crippen LogP contribution >= 0.6 is 0 Å². The molecular weight excluding hydrogens is 1030 g/mol. The molecular formula is C54H57F4N9O11. The summed E-state index contributed by atoms with van der Waals surface area (Å²) in [5.74, 6) is -2.73. The summed E-state index contributed by atoms with van der Waals surface area (Å²) in [6.45, 7) is 4.65. The number of aromatic nitrogens is 3. The molecule has 1 spiro atoms. The predicted octanol–water partition coefficient (Wildman–Crippen LogP) is 5.74. The van der Waals surface area contributed by atoms with Crippen LogP contribution in [0.25, 0.3) is 21.8 Å². The molecule has 3 fully saturated rings. The van der Waals surface area contributed by atoms with Crippen LogP contribution in [0.2, 0.25) is 0 Å². The number of rotatable bonds is 14. The Morgan fingerprint density at radius 3 is 2.36 bits per heavy atom. The summed E-state index contributed by atoms with van der Waals surface area (Å²) in [7, 11) is 2.95. The third kappa shape index (κ3) is 11.2. The summed E-state index contributed by atoms with van der Waals surface area (Å²) in [6.07, 6.45) is -2.10. The fourth-order valence-electron chi connectivity index (χ4n) is 11.0. The van der Waals surface area contributed by atoms with E-state index in [4.69, 9.17) is 14.2 Å². The molecule has 6 aromatic rings. The molecule has 10 rings (SSSR count). The van der Waals surface area contributed by atoms with Crippen LogP contribution in [0.4, 0.5) is 28.9 Å². The number of β-amino-alcohol motifs (C(OH)–C–C–N with tert-alkyl or cyclic N) is 1. The van der Waals surface area contributed by atoms with E-state index in [0.717, 1.165) is 62.5 Å². The van der Waals surface area contributed by atoms with E-state index in [1.165, 1.54) is 56.2 Å². The first-order chi connectivity index (χ1) is 37.2. The lowest BCUT2D eigenvalue weighted by Gasteiger charge is -2.47. The number of carbonyl (C=O) groups excluding carboxylic acids is 3. The van der Waals surface area contributed by atoms with Crippen molar-refractivity contribution in [3.63, 3.8) is 0 Å². The topological polar surface area (TPSA) is 242 Å². The zero-order valence-electron chi connectivity index (χ0n) is 42.7. The number of aryl methyl sites for hydroxylation is 1. The van der Waals surface area contributed by atoms with E-state index in [9.17, 15) is 47.7 Å². The van der Waals surface area contributed by atoms with Gasteiger partial charge < -0.3 is 59.3 Å². The number of pyridine rings is 1. The van der Waals surface area contributed by atoms with Gasteiger partial charge in [-0.15, -0.1) is 13.2 Å². The number of methoxy groups -OCH3 is 1. The minimum Gasteiger partial charge on any atom is -0.493 e. The molecule has 20 nitrogen and oxygen atoms in total. The van der Waals surface area contributed by atoms with Crippen LogP contribution in [-0.4, -0.2) is 140 Å². The van der Waals surface area contributed by atoms with Crippen molar-refractivity contribution in [2.24, 2.45) is 12.5 Å². The third-order valence-electron chi connectivity index (χ3n) is 15.4. The molecule has 6 heterocycles. The van der Waals surface area contributed by atoms with Gasteiger partial charge in [0.15, 0.2) is 29.7 Å². The van der Waals surface area contributed by atoms with Crippen LogP contribution in [0, 0.1) is 18.2 Å². The summed E-state index contributed by atoms with van der Waals surface area (Å²) >= 11 is 0. The van der Waals surface area contributed by atoms with Crippen molar-refractivity contribution in [3.05, 3.63) is 111 Å². The first-order valence-corrected chi connectivity index (χ1v) is 25.4. The lowest BCUT2D eigenvalue weighted by Crippen LogP contribution is -2.56. The van der Waals surface area contributed by atoms with Gasteiger partial charge in [-0.05, 0) is 124 Å². The standard InChI is InChI=1S/C54H57F4N9O11/c1-29-47(48(71)36-22-33(78-54(56,57)58)6-8-39(36)64(29)2)50(73)62-32-5-10-41(37(55)21-32)77-51-35-23-42(75-3)43(24-38(35)59-28-60-51)76-27-46(70)66-18-14-53(15-19-66)12-16-65(17-13-53)26-45(69)61-31-4-7-34-30(20-31)25-67(52(34)74)40-9-11-44(68)63-49(40)72/h4-8,10,20-24,28,40,44-45,49,61,63,68-69,72H,9,11-19,25-27H2,1-3H3,(H,62,73). The van der Waals surface area contributed by atoms with Gasteiger partial charge in [-0.25, -0.2) is 14.4 Å². The van der Waals surface area contributed by atoms with Crippen molar-refractivity contribution >= 4 is 50.9 Å². The molecule has 4 aliphatic rings. The van der Waals surface area contributed by atoms with Crippen LogP contribution in [0.3, 0.4) is 0 Å². The van der Waals surface area contributed by atoms with Crippen molar-refractivity contribution in [2.45, 2.75) is 83.1 Å². The number of hydrogen-bond donors (Lipinski definition) is 6. The van der Waals surface area contributed by atoms with E-state index in [0.29, 0.717) is 61.2 Å². The van der Waals surface area contributed by atoms with Crippen LogP contribution in [-0.2, 0) is 18.4 Å². The second kappa shape index (κ2) is 21.6. The molecule has 0 saturated carbocycles. The number of nitrogens with one attached hydrogen (secondary N) is 3. The normalized spacial score (nSPS) is 19.9. The van der Waals surface area contributed by atoms with Gasteiger partial charge in [0.1, 0.15) is 36.3 Å². The van der Waals surface area contributed by atoms with Crippen LogP contribution in [0.5, 0.6) is 28.9 Å². The smallest absolute Gasteiger partial charge is 0.493 e. The zero-order valence-corrected chi connectivity index (χ0v) is 42.7. The first kappa shape index (κ1) is 53.7. The molecule has 78 heavy (non-hydrogen) atoms. The fourth-order valence-corrected chi connectivity index (χ4v) is 11.0. The Kier molecular flexibility index (Phi) is 14.9. The Hall–Kier alpha value is -7.64. The summed E-state index contributed by atoms with van der Waals surface area (Å²) in [5, 5.41) is 39.8. The van der Waals surface area contributed by atoms with Crippen molar-refractivity contribution < 1.29 is 66.2 Å². The molecule has 6 N–H and O–H groups in total. The summed E-state index contributed by atoms with van der Waals surface area (Å²) in [4.78, 5) is 67.8. The number of likely N-dealkylation sites (tertiary alicyclic amines) is 2. The third-order valence-corrected chi connectivity index (χ3v) is 15.4. The number of carbonyl (C=O) groups is 3. The number of amides is 3. The molecule has 0 aliphatic carbocycles. The lowest BCUT2D eigenvalue weighted by molar-refractivity contribution is -0.274. The molecule has 4 aromatic carbocycles. The second-order valence-corrected chi connectivity index (χ2v) is 20.2. The average molecular weight is 1080 g/mol. The van der Waals surface area contributed by atoms with Gasteiger partial charge in [0.2, 0.25) is 11.3 Å². The highest BCUT2D eigenvalue weighted by molar-refractivity contribution is 6.07. The quantitative estimate of drug-likeness (QED) is 0.0563. The predicted molar refractivity (Wildman–Crippen MR) is 275 cm³/mol. The van der Waals surface area contributed by atoms with Crippen LogP contribution < -0.4 is 40.3 Å². The number of hydrogen-bond acceptors (Lipinski definition) is 16. The molecule has 0 bridgehead atoms. The Balaban J connectivity index is 0.702. The SMILES string of the molecule is COc1cc2c(Oc3ccc(NC(=O)c4c(C)n(C)c5ccc(OC(F)(F)F)cc5c4=O)cc3F)ncnc2cc1OCC(=O)N1CCC2(CCN(CC(O)Nc3ccc4c(c3)CN(C3CCC(O)NC3O)C4=O)CC2)CC1. The number of aliphatic hydroxyl groups is 3. The summed E-state index contributed by atoms with van der Waals surface area (Å²) < 4.78 is 77.4. The number of benzene rings is 4. The average Bonchev–Trinajstić information content (AvgIpc) is 3.91. The maximum atomic E-state index is 15.7. The van der Waals surface area contributed by atoms with Gasteiger partial charge in [-0.3, -0.25) is 29.4 Å². The number of alkyl halides is 3. The number of anilines is 2. The molecule has 4 unspecified atom stereocenters. The van der Waals surface area contributed by atoms with Crippen molar-refractivity contribution in [2.75, 3.05) is 57.1 Å². The highest BCUT2D eigenvalue weighted by Gasteiger charge is 2.41. The fraction of sp³-hybridized carbons (Fsp3) is 0.407. The van der Waals surface area contributed by atoms with Gasteiger partial charge >= 0.3 is 6.36 Å². The van der Waals surface area contributed by atoms with E-state index in [1.54, 1.807) is 28.0 Å². The lowest BCUT2D eigenvalue weighted by atomic mass is 9.71. The van der Waals surface area contributed by atoms with E-state index >= 15 is 4.39 Å².